The lowest BCUT2D eigenvalue weighted by molar-refractivity contribution is -0.331. The Kier molecular flexibility index (Phi) is 9.19. The molecule has 1 saturated heterocycles. The van der Waals surface area contributed by atoms with E-state index in [9.17, 15) is 25.5 Å². The minimum atomic E-state index is -1.44. The van der Waals surface area contributed by atoms with E-state index >= 15 is 0 Å². The minimum Gasteiger partial charge on any atom is -0.394 e. The number of rotatable bonds is 6. The molecule has 4 aliphatic carbocycles. The fourth-order valence-electron chi connectivity index (χ4n) is 11.5. The van der Waals surface area contributed by atoms with Gasteiger partial charge in [-0.05, 0) is 117 Å². The Balaban J connectivity index is 1.38. The predicted octanol–water partition coefficient (Wildman–Crippen LogP) is 5.13. The van der Waals surface area contributed by atoms with Gasteiger partial charge in [0.25, 0.3) is 0 Å². The topological polar surface area (TPSA) is 120 Å². The monoisotopic (exact) mass is 604 g/mol. The van der Waals surface area contributed by atoms with Crippen LogP contribution in [0.4, 0.5) is 0 Å². The number of aliphatic hydroxyl groups excluding tert-OH is 5. The molecule has 0 unspecified atom stereocenters. The summed E-state index contributed by atoms with van der Waals surface area (Å²) in [7, 11) is 0. The third-order valence-electron chi connectivity index (χ3n) is 14.0. The van der Waals surface area contributed by atoms with Crippen molar-refractivity contribution in [1.29, 1.82) is 0 Å². The Hall–Kier alpha value is -0.800. The van der Waals surface area contributed by atoms with E-state index in [1.807, 2.05) is 0 Å². The molecule has 5 rings (SSSR count). The maximum atomic E-state index is 12.0. The summed E-state index contributed by atoms with van der Waals surface area (Å²) < 4.78 is 12.2. The maximum absolute atomic E-state index is 12.0. The zero-order chi connectivity index (χ0) is 31.7. The Morgan fingerprint density at radius 2 is 1.49 bits per heavy atom. The molecule has 246 valence electrons. The van der Waals surface area contributed by atoms with Crippen LogP contribution in [0.2, 0.25) is 0 Å². The van der Waals surface area contributed by atoms with E-state index in [4.69, 9.17) is 9.47 Å². The smallest absolute Gasteiger partial charge is 0.186 e. The number of aliphatic hydroxyl groups is 5. The average Bonchev–Trinajstić information content (AvgIpc) is 3.31. The molecule has 4 saturated carbocycles. The molecule has 5 N–H and O–H groups in total. The third kappa shape index (κ3) is 5.21. The normalized spacial score (nSPS) is 51.3. The van der Waals surface area contributed by atoms with Crippen LogP contribution in [-0.2, 0) is 9.47 Å². The van der Waals surface area contributed by atoms with E-state index in [0.29, 0.717) is 17.8 Å². The van der Waals surface area contributed by atoms with Gasteiger partial charge in [0.2, 0.25) is 0 Å². The summed E-state index contributed by atoms with van der Waals surface area (Å²) in [5.41, 5.74) is 2.80. The molecule has 14 atom stereocenters. The van der Waals surface area contributed by atoms with Crippen molar-refractivity contribution in [3.05, 3.63) is 23.3 Å². The van der Waals surface area contributed by atoms with Crippen LogP contribution in [0.25, 0.3) is 0 Å². The Morgan fingerprint density at radius 3 is 2.14 bits per heavy atom. The highest BCUT2D eigenvalue weighted by Gasteiger charge is 2.70. The van der Waals surface area contributed by atoms with Gasteiger partial charge < -0.3 is 35.0 Å². The fourth-order valence-corrected chi connectivity index (χ4v) is 11.5. The third-order valence-corrected chi connectivity index (χ3v) is 14.0. The summed E-state index contributed by atoms with van der Waals surface area (Å²) in [5, 5.41) is 52.9. The zero-order valence-corrected chi connectivity index (χ0v) is 27.9. The molecule has 1 aliphatic heterocycles. The molecule has 0 radical (unpaired) electrons. The number of hydrogen-bond acceptors (Lipinski definition) is 7. The highest BCUT2D eigenvalue weighted by atomic mass is 16.7. The van der Waals surface area contributed by atoms with Crippen LogP contribution < -0.4 is 0 Å². The van der Waals surface area contributed by atoms with E-state index in [1.165, 1.54) is 11.1 Å². The lowest BCUT2D eigenvalue weighted by Gasteiger charge is -2.70. The van der Waals surface area contributed by atoms with Gasteiger partial charge >= 0.3 is 0 Å². The van der Waals surface area contributed by atoms with Crippen molar-refractivity contribution in [2.24, 2.45) is 45.3 Å². The molecular weight excluding hydrogens is 544 g/mol. The van der Waals surface area contributed by atoms with Crippen molar-refractivity contribution in [2.75, 3.05) is 6.61 Å². The number of allylic oxidation sites excluding steroid dienone is 4. The summed E-state index contributed by atoms with van der Waals surface area (Å²) in [6.45, 7) is 18.2. The van der Waals surface area contributed by atoms with Gasteiger partial charge in [-0.3, -0.25) is 0 Å². The first kappa shape index (κ1) is 33.6. The van der Waals surface area contributed by atoms with Crippen LogP contribution in [0.15, 0.2) is 23.3 Å². The zero-order valence-electron chi connectivity index (χ0n) is 27.9. The summed E-state index contributed by atoms with van der Waals surface area (Å²) in [4.78, 5) is 0. The van der Waals surface area contributed by atoms with Crippen LogP contribution >= 0.6 is 0 Å². The van der Waals surface area contributed by atoms with Crippen LogP contribution in [0.5, 0.6) is 0 Å². The molecule has 0 aromatic rings. The second-order valence-corrected chi connectivity index (χ2v) is 16.6. The predicted molar refractivity (Wildman–Crippen MR) is 167 cm³/mol. The van der Waals surface area contributed by atoms with E-state index in [0.717, 1.165) is 51.4 Å². The van der Waals surface area contributed by atoms with Crippen LogP contribution in [0.1, 0.15) is 107 Å². The first-order valence-electron chi connectivity index (χ1n) is 17.0. The lowest BCUT2D eigenvalue weighted by Crippen LogP contribution is -2.67. The molecule has 43 heavy (non-hydrogen) atoms. The van der Waals surface area contributed by atoms with Crippen molar-refractivity contribution in [1.82, 2.24) is 0 Å². The second kappa shape index (κ2) is 11.8. The molecule has 0 bridgehead atoms. The second-order valence-electron chi connectivity index (χ2n) is 16.6. The van der Waals surface area contributed by atoms with Gasteiger partial charge in [0.15, 0.2) is 6.29 Å². The first-order valence-corrected chi connectivity index (χ1v) is 17.0. The molecule has 1 heterocycles. The van der Waals surface area contributed by atoms with Gasteiger partial charge in [-0.2, -0.15) is 0 Å². The standard InChI is InChI=1S/C36H60O7/c1-20(2)10-9-11-21(3)22-12-16-36(8)28(22)23(38)18-26-34(6)15-14-27(33(4,5)25(34)13-17-35(26,36)7)43-32-31(41)30(40)29(39)24(19-37)42-32/h10-11,22-32,37-41H,9,12-19H2,1-8H3/b21-11-/t22-,23+,24-,25+,26-,27+,28+,29-,30+,31-,32+,34+,35-,36+/m1/s1. The molecule has 5 fully saturated rings. The summed E-state index contributed by atoms with van der Waals surface area (Å²) >= 11 is 0. The van der Waals surface area contributed by atoms with Crippen molar-refractivity contribution >= 4 is 0 Å². The van der Waals surface area contributed by atoms with Gasteiger partial charge in [-0.1, -0.05) is 57.9 Å². The van der Waals surface area contributed by atoms with Gasteiger partial charge in [-0.15, -0.1) is 0 Å². The van der Waals surface area contributed by atoms with Crippen molar-refractivity contribution in [3.63, 3.8) is 0 Å². The fraction of sp³-hybridized carbons (Fsp3) is 0.889. The van der Waals surface area contributed by atoms with Gasteiger partial charge in [0, 0.05) is 0 Å². The van der Waals surface area contributed by atoms with E-state index in [2.05, 4.69) is 67.5 Å². The molecule has 0 spiro atoms. The van der Waals surface area contributed by atoms with Gasteiger partial charge in [0.05, 0.1) is 18.8 Å². The van der Waals surface area contributed by atoms with Crippen LogP contribution in [-0.4, -0.2) is 75.1 Å². The summed E-state index contributed by atoms with van der Waals surface area (Å²) in [6.07, 6.45) is 5.90. The maximum Gasteiger partial charge on any atom is 0.186 e. The van der Waals surface area contributed by atoms with Crippen LogP contribution in [0.3, 0.4) is 0 Å². The quantitative estimate of drug-likeness (QED) is 0.211. The van der Waals surface area contributed by atoms with E-state index in [-0.39, 0.29) is 39.8 Å². The molecule has 7 nitrogen and oxygen atoms in total. The highest BCUT2D eigenvalue weighted by molar-refractivity contribution is 5.23. The average molecular weight is 605 g/mol. The molecule has 7 heteroatoms. The summed E-state index contributed by atoms with van der Waals surface area (Å²) in [5.74, 6) is 1.48. The van der Waals surface area contributed by atoms with E-state index < -0.39 is 37.3 Å². The highest BCUT2D eigenvalue weighted by Crippen LogP contribution is 2.75. The largest absolute Gasteiger partial charge is 0.394 e. The first-order chi connectivity index (χ1) is 20.0. The molecule has 0 aromatic carbocycles. The van der Waals surface area contributed by atoms with Crippen molar-refractivity contribution in [2.45, 2.75) is 150 Å². The van der Waals surface area contributed by atoms with Crippen molar-refractivity contribution < 1.29 is 35.0 Å². The van der Waals surface area contributed by atoms with Gasteiger partial charge in [-0.25, -0.2) is 0 Å². The minimum absolute atomic E-state index is 0.0348. The number of ether oxygens (including phenoxy) is 2. The Bertz CT molecular complexity index is 1080. The number of hydrogen-bond donors (Lipinski definition) is 5. The Labute approximate surface area is 259 Å². The number of fused-ring (bicyclic) bond motifs is 5. The van der Waals surface area contributed by atoms with Crippen LogP contribution in [0, 0.1) is 45.3 Å². The van der Waals surface area contributed by atoms with Gasteiger partial charge in [0.1, 0.15) is 24.4 Å². The van der Waals surface area contributed by atoms with E-state index in [1.54, 1.807) is 0 Å². The molecule has 0 amide bonds. The molecular formula is C36H60O7. The SMILES string of the molecule is CC(C)=CC/C=C(/C)[C@H]1CC[C@@]2(C)[C@@H]1[C@@H](O)C[C@@H]1[C@@]3(C)CC[C@H](O[C@@H]4O[C@H](CO)[C@@H](O)[C@H](O)[C@H]4O)C(C)(C)[C@@H]3CC[C@]12C. The van der Waals surface area contributed by atoms with Crippen molar-refractivity contribution in [3.8, 4) is 0 Å². The molecule has 0 aromatic heterocycles. The summed E-state index contributed by atoms with van der Waals surface area (Å²) in [6, 6.07) is 0. The Morgan fingerprint density at radius 1 is 0.814 bits per heavy atom. The molecule has 5 aliphatic rings. The lowest BCUT2D eigenvalue weighted by atomic mass is 9.35.